The van der Waals surface area contributed by atoms with Crippen LogP contribution in [0.3, 0.4) is 0 Å². The molecule has 0 amide bonds. The SMILES string of the molecule is CC1(C)Oc2ccc(Cl)cc2[C@H]2O[C@H]3CCN(Cc4ccccc4OCC(=O)O)C[C@@H]3C[C@@H]21. The Kier molecular flexibility index (Phi) is 6.02. The molecule has 4 atom stereocenters. The number of carboxylic acids is 1. The highest BCUT2D eigenvalue weighted by molar-refractivity contribution is 6.30. The summed E-state index contributed by atoms with van der Waals surface area (Å²) < 4.78 is 18.6. The number of para-hydroxylation sites is 1. The van der Waals surface area contributed by atoms with Crippen LogP contribution < -0.4 is 9.47 Å². The van der Waals surface area contributed by atoms with Gasteiger partial charge in [-0.3, -0.25) is 4.90 Å². The first-order valence-corrected chi connectivity index (χ1v) is 12.0. The van der Waals surface area contributed by atoms with Crippen molar-refractivity contribution in [2.45, 2.75) is 51.0 Å². The zero-order chi connectivity index (χ0) is 23.2. The second kappa shape index (κ2) is 8.82. The maximum Gasteiger partial charge on any atom is 0.341 e. The van der Waals surface area contributed by atoms with Crippen molar-refractivity contribution in [2.75, 3.05) is 19.7 Å². The highest BCUT2D eigenvalue weighted by Gasteiger charge is 2.51. The highest BCUT2D eigenvalue weighted by Crippen LogP contribution is 2.53. The van der Waals surface area contributed by atoms with Crippen molar-refractivity contribution in [3.63, 3.8) is 0 Å². The van der Waals surface area contributed by atoms with Gasteiger partial charge in [-0.2, -0.15) is 0 Å². The van der Waals surface area contributed by atoms with Crippen molar-refractivity contribution in [1.82, 2.24) is 4.90 Å². The van der Waals surface area contributed by atoms with Crippen LogP contribution in [0.15, 0.2) is 42.5 Å². The average Bonchev–Trinajstić information content (AvgIpc) is 2.78. The van der Waals surface area contributed by atoms with Crippen molar-refractivity contribution in [1.29, 1.82) is 0 Å². The van der Waals surface area contributed by atoms with E-state index in [0.717, 1.165) is 49.4 Å². The van der Waals surface area contributed by atoms with E-state index in [1.54, 1.807) is 0 Å². The van der Waals surface area contributed by atoms with E-state index in [0.29, 0.717) is 16.7 Å². The normalized spacial score (nSPS) is 28.1. The van der Waals surface area contributed by atoms with E-state index in [1.165, 1.54) is 0 Å². The third-order valence-electron chi connectivity index (χ3n) is 7.25. The van der Waals surface area contributed by atoms with Gasteiger partial charge in [0.1, 0.15) is 17.1 Å². The molecule has 5 rings (SSSR count). The van der Waals surface area contributed by atoms with Crippen molar-refractivity contribution in [3.8, 4) is 11.5 Å². The molecule has 176 valence electrons. The molecule has 0 spiro atoms. The van der Waals surface area contributed by atoms with E-state index >= 15 is 0 Å². The number of piperidine rings is 1. The van der Waals surface area contributed by atoms with Crippen molar-refractivity contribution in [3.05, 3.63) is 58.6 Å². The van der Waals surface area contributed by atoms with Crippen LogP contribution in [0.2, 0.25) is 5.02 Å². The summed E-state index contributed by atoms with van der Waals surface area (Å²) >= 11 is 6.30. The highest BCUT2D eigenvalue weighted by atomic mass is 35.5. The molecule has 2 aromatic rings. The number of nitrogens with zero attached hydrogens (tertiary/aromatic N) is 1. The number of hydrogen-bond donors (Lipinski definition) is 1. The van der Waals surface area contributed by atoms with Crippen LogP contribution in [0.5, 0.6) is 11.5 Å². The summed E-state index contributed by atoms with van der Waals surface area (Å²) in [7, 11) is 0. The molecule has 0 bridgehead atoms. The van der Waals surface area contributed by atoms with Gasteiger partial charge in [-0.1, -0.05) is 29.8 Å². The maximum atomic E-state index is 10.9. The van der Waals surface area contributed by atoms with Crippen molar-refractivity contribution < 1.29 is 24.1 Å². The van der Waals surface area contributed by atoms with Gasteiger partial charge in [0.25, 0.3) is 0 Å². The Balaban J connectivity index is 1.31. The predicted octanol–water partition coefficient (Wildman–Crippen LogP) is 4.94. The number of halogens is 1. The second-order valence-electron chi connectivity index (χ2n) is 9.90. The largest absolute Gasteiger partial charge is 0.487 e. The number of carbonyl (C=O) groups is 1. The Morgan fingerprint density at radius 2 is 2.09 bits per heavy atom. The molecule has 7 heteroatoms. The van der Waals surface area contributed by atoms with E-state index < -0.39 is 5.97 Å². The lowest BCUT2D eigenvalue weighted by molar-refractivity contribution is -0.187. The van der Waals surface area contributed by atoms with Crippen molar-refractivity contribution >= 4 is 17.6 Å². The fourth-order valence-electron chi connectivity index (χ4n) is 5.66. The van der Waals surface area contributed by atoms with Crippen molar-refractivity contribution in [2.24, 2.45) is 11.8 Å². The number of carboxylic acid groups (broad SMARTS) is 1. The van der Waals surface area contributed by atoms with Crippen LogP contribution in [0.4, 0.5) is 0 Å². The number of hydrogen-bond acceptors (Lipinski definition) is 5. The smallest absolute Gasteiger partial charge is 0.341 e. The molecule has 2 fully saturated rings. The number of benzene rings is 2. The molecule has 3 aliphatic rings. The minimum Gasteiger partial charge on any atom is -0.487 e. The van der Waals surface area contributed by atoms with Crippen LogP contribution in [0.25, 0.3) is 0 Å². The first-order valence-electron chi connectivity index (χ1n) is 11.6. The summed E-state index contributed by atoms with van der Waals surface area (Å²) in [5.41, 5.74) is 1.75. The Hall–Kier alpha value is -2.28. The molecule has 3 aliphatic heterocycles. The van der Waals surface area contributed by atoms with Gasteiger partial charge in [0.05, 0.1) is 12.2 Å². The van der Waals surface area contributed by atoms with E-state index in [9.17, 15) is 4.79 Å². The zero-order valence-corrected chi connectivity index (χ0v) is 19.8. The molecule has 2 saturated heterocycles. The summed E-state index contributed by atoms with van der Waals surface area (Å²) in [6, 6.07) is 13.5. The van der Waals surface area contributed by atoms with E-state index in [4.69, 9.17) is 30.9 Å². The zero-order valence-electron chi connectivity index (χ0n) is 19.0. The summed E-state index contributed by atoms with van der Waals surface area (Å²) in [5.74, 6) is 1.20. The topological polar surface area (TPSA) is 68.2 Å². The van der Waals surface area contributed by atoms with Gasteiger partial charge in [-0.15, -0.1) is 0 Å². The molecule has 0 aliphatic carbocycles. The van der Waals surface area contributed by atoms with E-state index in [-0.39, 0.29) is 30.3 Å². The minimum atomic E-state index is -0.972. The number of fused-ring (bicyclic) bond motifs is 4. The van der Waals surface area contributed by atoms with Gasteiger partial charge < -0.3 is 19.3 Å². The Bertz CT molecular complexity index is 1040. The standard InChI is InChI=1S/C26H30ClNO5/c1-26(2)20-11-17-14-28(13-16-5-3-4-6-21(16)31-15-24(29)30)10-9-22(17)32-25(20)19-12-18(27)7-8-23(19)33-26/h3-8,12,17,20,22,25H,9-11,13-15H2,1-2H3,(H,29,30)/t17-,20-,22-,25+/m0/s1. The van der Waals surface area contributed by atoms with Gasteiger partial charge in [0.15, 0.2) is 6.61 Å². The van der Waals surface area contributed by atoms with Crippen LogP contribution in [-0.2, 0) is 16.1 Å². The van der Waals surface area contributed by atoms with Crippen LogP contribution in [0.1, 0.15) is 43.9 Å². The monoisotopic (exact) mass is 471 g/mol. The van der Waals surface area contributed by atoms with Crippen LogP contribution in [-0.4, -0.2) is 47.4 Å². The molecule has 1 N–H and O–H groups in total. The third kappa shape index (κ3) is 4.57. The first-order chi connectivity index (χ1) is 15.8. The van der Waals surface area contributed by atoms with Crippen LogP contribution >= 0.6 is 11.6 Å². The lowest BCUT2D eigenvalue weighted by Gasteiger charge is -2.53. The lowest BCUT2D eigenvalue weighted by atomic mass is 9.70. The van der Waals surface area contributed by atoms with Gasteiger partial charge in [-0.05, 0) is 56.9 Å². The first kappa shape index (κ1) is 22.5. The number of rotatable bonds is 5. The number of ether oxygens (including phenoxy) is 3. The quantitative estimate of drug-likeness (QED) is 0.666. The average molecular weight is 472 g/mol. The molecule has 3 heterocycles. The summed E-state index contributed by atoms with van der Waals surface area (Å²) in [5, 5.41) is 9.67. The predicted molar refractivity (Wildman–Crippen MR) is 125 cm³/mol. The van der Waals surface area contributed by atoms with E-state index in [2.05, 4.69) is 18.7 Å². The number of aliphatic carboxylic acids is 1. The third-order valence-corrected chi connectivity index (χ3v) is 7.49. The Morgan fingerprint density at radius 1 is 1.27 bits per heavy atom. The van der Waals surface area contributed by atoms with Gasteiger partial charge in [-0.25, -0.2) is 4.79 Å². The summed E-state index contributed by atoms with van der Waals surface area (Å²) in [6.45, 7) is 6.56. The molecule has 2 aromatic carbocycles. The summed E-state index contributed by atoms with van der Waals surface area (Å²) in [6.07, 6.45) is 2.20. The molecular weight excluding hydrogens is 442 g/mol. The molecule has 0 aromatic heterocycles. The van der Waals surface area contributed by atoms with Gasteiger partial charge in [0.2, 0.25) is 0 Å². The fraction of sp³-hybridized carbons (Fsp3) is 0.500. The van der Waals surface area contributed by atoms with Gasteiger partial charge in [0, 0.05) is 41.7 Å². The molecule has 6 nitrogen and oxygen atoms in total. The molecule has 0 unspecified atom stereocenters. The Labute approximate surface area is 199 Å². The lowest BCUT2D eigenvalue weighted by Crippen LogP contribution is -2.55. The van der Waals surface area contributed by atoms with Gasteiger partial charge >= 0.3 is 5.97 Å². The summed E-state index contributed by atoms with van der Waals surface area (Å²) in [4.78, 5) is 13.4. The Morgan fingerprint density at radius 3 is 2.91 bits per heavy atom. The maximum absolute atomic E-state index is 10.9. The second-order valence-corrected chi connectivity index (χ2v) is 10.3. The molecule has 33 heavy (non-hydrogen) atoms. The van der Waals surface area contributed by atoms with E-state index in [1.807, 2.05) is 42.5 Å². The fourth-order valence-corrected chi connectivity index (χ4v) is 5.84. The molecule has 0 radical (unpaired) electrons. The molecular formula is C26H30ClNO5. The minimum absolute atomic E-state index is 0.000365. The van der Waals surface area contributed by atoms with Crippen LogP contribution in [0, 0.1) is 11.8 Å². The number of likely N-dealkylation sites (tertiary alicyclic amines) is 1. The molecule has 0 saturated carbocycles.